The topological polar surface area (TPSA) is 603 Å². The van der Waals surface area contributed by atoms with E-state index in [-0.39, 0.29) is 174 Å². The van der Waals surface area contributed by atoms with Crippen LogP contribution in [0.25, 0.3) is 0 Å². The molecule has 0 fully saturated rings. The van der Waals surface area contributed by atoms with Crippen LogP contribution < -0.4 is 91.5 Å². The first-order chi connectivity index (χ1) is 35.1. The van der Waals surface area contributed by atoms with Crippen molar-refractivity contribution in [2.45, 2.75) is 200 Å². The molecule has 0 bridgehead atoms. The monoisotopic (exact) mass is 1500 g/mol. The standard InChI is InChI=1S/2C6H7O3P.2C5H4N2O2.10C3H7O.4O.6Ti/c2*7-10(8,9)6-4-2-1-3-5-6;2*8-5(9)4-3-6-1-2-7-4;10*1-3(2)4;;;;;;;;;;/h2*1-5H,(H2,7,8,9);2*1-3H,(H,8,9);10*3H,1-2H3;;;;;;;;;;/q;;;;10*-1;4*-2;6*+4/p-6. The number of hydrogen-bond acceptors (Lipinski definition) is 24. The fraction of sp³-hybridized carbons (Fsp3) is 0.577. The van der Waals surface area contributed by atoms with Crippen LogP contribution in [0.15, 0.2) is 97.8 Å². The van der Waals surface area contributed by atoms with Gasteiger partial charge in [-0.15, -0.1) is 61.0 Å². The summed E-state index contributed by atoms with van der Waals surface area (Å²) in [6, 6.07) is 14.5. The second-order valence-corrected chi connectivity index (χ2v) is 19.9. The number of aromatic carboxylic acids is 2. The molecule has 0 aliphatic heterocycles. The number of benzene rings is 2. The zero-order chi connectivity index (χ0) is 64.4. The number of carbonyl (C=O) groups excluding carboxylic acids is 2. The van der Waals surface area contributed by atoms with Crippen LogP contribution in [-0.2, 0) is 161 Å². The molecule has 4 aromatic rings. The summed E-state index contributed by atoms with van der Waals surface area (Å²) in [5.74, 6) is -2.61. The van der Waals surface area contributed by atoms with Gasteiger partial charge in [0.25, 0.3) is 0 Å². The van der Waals surface area contributed by atoms with E-state index in [0.717, 1.165) is 12.4 Å². The minimum atomic E-state index is -4.52. The van der Waals surface area contributed by atoms with E-state index in [1.54, 1.807) is 151 Å². The molecule has 0 spiro atoms. The van der Waals surface area contributed by atoms with Crippen molar-refractivity contribution in [3.05, 3.63) is 109 Å². The summed E-state index contributed by atoms with van der Waals surface area (Å²) < 4.78 is 20.6. The molecule has 4 rings (SSSR count). The summed E-state index contributed by atoms with van der Waals surface area (Å²) in [4.78, 5) is 75.1. The van der Waals surface area contributed by atoms with Crippen LogP contribution >= 0.6 is 15.2 Å². The Bertz CT molecular complexity index is 1680. The molecule has 492 valence electrons. The summed E-state index contributed by atoms with van der Waals surface area (Å²) in [5.41, 5.74) is -0.282. The summed E-state index contributed by atoms with van der Waals surface area (Å²) in [6.45, 7) is 32.2. The summed E-state index contributed by atoms with van der Waals surface area (Å²) in [7, 11) is -9.04. The van der Waals surface area contributed by atoms with E-state index < -0.39 is 88.2 Å². The molecular weight excluding hydrogens is 1410 g/mol. The fourth-order valence-electron chi connectivity index (χ4n) is 2.03. The SMILES string of the molecule is CC(C)[O-].CC(C)[O-].CC(C)[O-].CC(C)[O-].CC(C)[O-].CC(C)[O-].CC(C)[O-].CC(C)[O-].CC(C)[O-].CC(C)[O-].O=C([O-])c1cnccn1.O=C([O-])c1cnccn1.O=P([O-])([O-])c1ccccc1.O=P([O-])([O-])c1ccccc1.[O-2].[O-2].[O-2].[O-2].[Ti+4].[Ti+4].[Ti+4].[Ti+4].[Ti+4].[Ti+4]. The third kappa shape index (κ3) is 230. The minimum Gasteiger partial charge on any atom is -2.00 e. The van der Waals surface area contributed by atoms with Crippen LogP contribution in [0.4, 0.5) is 0 Å². The van der Waals surface area contributed by atoms with Crippen LogP contribution in [0, 0.1) is 0 Å². The number of carbonyl (C=O) groups is 2. The van der Waals surface area contributed by atoms with Gasteiger partial charge in [-0.1, -0.05) is 199 Å². The third-order valence-electron chi connectivity index (χ3n) is 3.69. The Kier molecular flexibility index (Phi) is 164. The molecular formula is C52H86N4O24P2Ti6. The molecule has 0 aliphatic rings. The van der Waals surface area contributed by atoms with Crippen molar-refractivity contribution in [1.29, 1.82) is 0 Å². The van der Waals surface area contributed by atoms with Gasteiger partial charge in [-0.25, -0.2) is 0 Å². The van der Waals surface area contributed by atoms with Gasteiger partial charge >= 0.3 is 130 Å². The van der Waals surface area contributed by atoms with Gasteiger partial charge in [0.1, 0.15) is 11.4 Å². The Labute approximate surface area is 612 Å². The fourth-order valence-corrected chi connectivity index (χ4v) is 3.10. The van der Waals surface area contributed by atoms with Gasteiger partial charge in [0, 0.05) is 24.8 Å². The van der Waals surface area contributed by atoms with Crippen molar-refractivity contribution in [2.24, 2.45) is 0 Å². The second kappa shape index (κ2) is 100. The maximum Gasteiger partial charge on any atom is 4.00 e. The van der Waals surface area contributed by atoms with E-state index in [4.69, 9.17) is 0 Å². The van der Waals surface area contributed by atoms with E-state index in [2.05, 4.69) is 19.9 Å². The number of carboxylic acid groups (broad SMARTS) is 2. The Morgan fingerprint density at radius 2 is 0.455 bits per heavy atom. The summed E-state index contributed by atoms with van der Waals surface area (Å²) in [5, 5.41) is 115. The predicted octanol–water partition coefficient (Wildman–Crippen LogP) is -6.81. The number of rotatable bonds is 4. The molecule has 88 heavy (non-hydrogen) atoms. The van der Waals surface area contributed by atoms with Crippen molar-refractivity contribution < 1.29 is 252 Å². The zero-order valence-electron chi connectivity index (χ0n) is 53.5. The molecule has 2 aromatic heterocycles. The van der Waals surface area contributed by atoms with Crippen molar-refractivity contribution in [2.75, 3.05) is 0 Å². The second-order valence-electron chi connectivity index (χ2n) is 16.9. The Morgan fingerprint density at radius 3 is 0.523 bits per heavy atom. The molecule has 36 heteroatoms. The maximum atomic E-state index is 10.3. The van der Waals surface area contributed by atoms with E-state index in [1.807, 2.05) is 0 Å². The van der Waals surface area contributed by atoms with Gasteiger partial charge in [-0.2, -0.15) is 0 Å². The minimum absolute atomic E-state index is 0. The van der Waals surface area contributed by atoms with Crippen molar-refractivity contribution in [3.63, 3.8) is 0 Å². The Hall–Kier alpha value is -0.434. The van der Waals surface area contributed by atoms with Gasteiger partial charge in [-0.3, -0.25) is 19.9 Å². The molecule has 0 radical (unpaired) electrons. The quantitative estimate of drug-likeness (QED) is 0.135. The Morgan fingerprint density at radius 1 is 0.318 bits per heavy atom. The van der Waals surface area contributed by atoms with Crippen LogP contribution in [0.1, 0.15) is 159 Å². The van der Waals surface area contributed by atoms with Crippen molar-refractivity contribution >= 4 is 37.7 Å². The van der Waals surface area contributed by atoms with Gasteiger partial charge in [-0.05, 0) is 25.8 Å². The molecule has 0 amide bonds. The van der Waals surface area contributed by atoms with Gasteiger partial charge < -0.3 is 121 Å². The van der Waals surface area contributed by atoms with Crippen LogP contribution in [0.2, 0.25) is 0 Å². The largest absolute Gasteiger partial charge is 4.00 e. The number of carboxylic acids is 2. The zero-order valence-corrected chi connectivity index (χ0v) is 64.7. The van der Waals surface area contributed by atoms with Crippen molar-refractivity contribution in [1.82, 2.24) is 19.9 Å². The van der Waals surface area contributed by atoms with E-state index in [9.17, 15) is 99.6 Å². The number of hydrogen-bond donors (Lipinski definition) is 0. The summed E-state index contributed by atoms with van der Waals surface area (Å²) in [6.07, 6.45) is 3.49. The molecule has 0 aliphatic carbocycles. The van der Waals surface area contributed by atoms with E-state index >= 15 is 0 Å². The molecule has 2 aromatic carbocycles. The number of nitrogens with zero attached hydrogens (tertiary/aromatic N) is 4. The first kappa shape index (κ1) is 144. The molecule has 2 heterocycles. The molecule has 0 saturated carbocycles. The van der Waals surface area contributed by atoms with E-state index in [0.29, 0.717) is 0 Å². The van der Waals surface area contributed by atoms with Gasteiger partial charge in [0.2, 0.25) is 0 Å². The van der Waals surface area contributed by atoms with Crippen LogP contribution in [0.3, 0.4) is 0 Å². The van der Waals surface area contributed by atoms with E-state index in [1.165, 1.54) is 73.3 Å². The molecule has 0 atom stereocenters. The van der Waals surface area contributed by atoms with Crippen LogP contribution in [-0.4, -0.2) is 92.9 Å². The Balaban J connectivity index is -0.0000000318. The van der Waals surface area contributed by atoms with Gasteiger partial charge in [0.15, 0.2) is 0 Å². The molecule has 28 nitrogen and oxygen atoms in total. The molecule has 0 N–H and O–H groups in total. The van der Waals surface area contributed by atoms with Gasteiger partial charge in [0.05, 0.1) is 24.3 Å². The first-order valence-corrected chi connectivity index (χ1v) is 26.9. The average Bonchev–Trinajstić information content (AvgIpc) is 3.23. The third-order valence-corrected chi connectivity index (χ3v) is 5.55. The van der Waals surface area contributed by atoms with Crippen molar-refractivity contribution in [3.8, 4) is 0 Å². The average molecular weight is 1500 g/mol. The maximum absolute atomic E-state index is 10.3. The molecule has 0 saturated heterocycles. The summed E-state index contributed by atoms with van der Waals surface area (Å²) >= 11 is 0. The predicted molar refractivity (Wildman–Crippen MR) is 274 cm³/mol. The smallest absolute Gasteiger partial charge is 2.00 e. The van der Waals surface area contributed by atoms with Crippen LogP contribution in [0.5, 0.6) is 0 Å². The molecule has 0 unspecified atom stereocenters. The normalized spacial score (nSPS) is 8.50. The first-order valence-electron chi connectivity index (χ1n) is 23.8. The number of aromatic nitrogens is 4.